The summed E-state index contributed by atoms with van der Waals surface area (Å²) in [6, 6.07) is 16.1. The maximum absolute atomic E-state index is 9.94. The molecule has 0 aliphatic carbocycles. The van der Waals surface area contributed by atoms with Crippen molar-refractivity contribution >= 4 is 0 Å². The lowest BCUT2D eigenvalue weighted by Gasteiger charge is -2.34. The third kappa shape index (κ3) is 4.75. The van der Waals surface area contributed by atoms with Crippen LogP contribution in [0.5, 0.6) is 11.5 Å². The topological polar surface area (TPSA) is 54.0 Å². The van der Waals surface area contributed by atoms with Crippen molar-refractivity contribution in [3.8, 4) is 11.5 Å². The maximum Gasteiger partial charge on any atom is 0.161 e. The van der Waals surface area contributed by atoms with Gasteiger partial charge in [-0.05, 0) is 30.2 Å². The van der Waals surface area contributed by atoms with Gasteiger partial charge in [-0.3, -0.25) is 4.90 Å². The minimum atomic E-state index is -0.0144. The molecule has 2 N–H and O–H groups in total. The summed E-state index contributed by atoms with van der Waals surface area (Å²) in [7, 11) is 0. The van der Waals surface area contributed by atoms with Crippen LogP contribution in [0.25, 0.3) is 0 Å². The summed E-state index contributed by atoms with van der Waals surface area (Å²) in [6.07, 6.45) is 0. The maximum atomic E-state index is 9.94. The SMILES string of the molecule is CCOc1cc([C@@H](CO)N2CCNCC2)ccc1OCc1ccccc1. The van der Waals surface area contributed by atoms with Crippen molar-refractivity contribution < 1.29 is 14.6 Å². The lowest BCUT2D eigenvalue weighted by atomic mass is 10.0. The van der Waals surface area contributed by atoms with Crippen molar-refractivity contribution in [3.63, 3.8) is 0 Å². The van der Waals surface area contributed by atoms with Crippen LogP contribution in [0.2, 0.25) is 0 Å². The van der Waals surface area contributed by atoms with Crippen molar-refractivity contribution in [1.29, 1.82) is 0 Å². The van der Waals surface area contributed by atoms with Gasteiger partial charge in [-0.1, -0.05) is 36.4 Å². The van der Waals surface area contributed by atoms with E-state index in [1.54, 1.807) is 0 Å². The van der Waals surface area contributed by atoms with Gasteiger partial charge in [0.1, 0.15) is 6.61 Å². The Morgan fingerprint density at radius 2 is 1.81 bits per heavy atom. The molecule has 0 amide bonds. The Bertz CT molecular complexity index is 672. The second-order valence-electron chi connectivity index (χ2n) is 6.40. The normalized spacial score (nSPS) is 16.2. The number of nitrogens with one attached hydrogen (secondary N) is 1. The molecule has 5 nitrogen and oxygen atoms in total. The first kappa shape index (κ1) is 18.7. The molecular weight excluding hydrogens is 328 g/mol. The van der Waals surface area contributed by atoms with E-state index in [1.807, 2.05) is 55.5 Å². The highest BCUT2D eigenvalue weighted by atomic mass is 16.5. The van der Waals surface area contributed by atoms with E-state index >= 15 is 0 Å². The Hall–Kier alpha value is -2.08. The Balaban J connectivity index is 1.76. The fraction of sp³-hybridized carbons (Fsp3) is 0.429. The first-order valence-corrected chi connectivity index (χ1v) is 9.31. The van der Waals surface area contributed by atoms with Gasteiger partial charge in [0.2, 0.25) is 0 Å². The molecule has 0 unspecified atom stereocenters. The third-order valence-corrected chi connectivity index (χ3v) is 4.65. The zero-order chi connectivity index (χ0) is 18.2. The summed E-state index contributed by atoms with van der Waals surface area (Å²) in [6.45, 7) is 6.90. The zero-order valence-corrected chi connectivity index (χ0v) is 15.4. The molecular formula is C21H28N2O3. The van der Waals surface area contributed by atoms with Crippen LogP contribution < -0.4 is 14.8 Å². The minimum absolute atomic E-state index is 0.0144. The van der Waals surface area contributed by atoms with Crippen molar-refractivity contribution in [2.75, 3.05) is 39.4 Å². The number of ether oxygens (including phenoxy) is 2. The average molecular weight is 356 g/mol. The van der Waals surface area contributed by atoms with Gasteiger partial charge in [0.05, 0.1) is 19.3 Å². The number of hydrogen-bond acceptors (Lipinski definition) is 5. The molecule has 140 valence electrons. The minimum Gasteiger partial charge on any atom is -0.490 e. The summed E-state index contributed by atoms with van der Waals surface area (Å²) < 4.78 is 11.8. The molecule has 0 saturated carbocycles. The lowest BCUT2D eigenvalue weighted by molar-refractivity contribution is 0.110. The molecule has 26 heavy (non-hydrogen) atoms. The average Bonchev–Trinajstić information content (AvgIpc) is 2.70. The molecule has 1 aliphatic rings. The fourth-order valence-corrected chi connectivity index (χ4v) is 3.28. The van der Waals surface area contributed by atoms with Crippen LogP contribution in [0.15, 0.2) is 48.5 Å². The number of benzene rings is 2. The van der Waals surface area contributed by atoms with Gasteiger partial charge in [-0.15, -0.1) is 0 Å². The van der Waals surface area contributed by atoms with Crippen molar-refractivity contribution in [2.24, 2.45) is 0 Å². The van der Waals surface area contributed by atoms with Crippen LogP contribution in [-0.4, -0.2) is 49.4 Å². The molecule has 2 aromatic rings. The zero-order valence-electron chi connectivity index (χ0n) is 15.4. The first-order chi connectivity index (χ1) is 12.8. The highest BCUT2D eigenvalue weighted by molar-refractivity contribution is 5.44. The monoisotopic (exact) mass is 356 g/mol. The fourth-order valence-electron chi connectivity index (χ4n) is 3.28. The second kappa shape index (κ2) is 9.57. The number of nitrogens with zero attached hydrogens (tertiary/aromatic N) is 1. The summed E-state index contributed by atoms with van der Waals surface area (Å²) in [4.78, 5) is 2.31. The van der Waals surface area contributed by atoms with Crippen LogP contribution >= 0.6 is 0 Å². The van der Waals surface area contributed by atoms with E-state index < -0.39 is 0 Å². The third-order valence-electron chi connectivity index (χ3n) is 4.65. The molecule has 1 fully saturated rings. The Labute approximate surface area is 155 Å². The van der Waals surface area contributed by atoms with E-state index in [0.29, 0.717) is 13.2 Å². The van der Waals surface area contributed by atoms with E-state index in [9.17, 15) is 5.11 Å². The Kier molecular flexibility index (Phi) is 6.89. The Morgan fingerprint density at radius 1 is 1.04 bits per heavy atom. The molecule has 3 rings (SSSR count). The second-order valence-corrected chi connectivity index (χ2v) is 6.40. The number of hydrogen-bond donors (Lipinski definition) is 2. The molecule has 0 radical (unpaired) electrons. The molecule has 1 aliphatic heterocycles. The van der Waals surface area contributed by atoms with Crippen LogP contribution in [0.4, 0.5) is 0 Å². The highest BCUT2D eigenvalue weighted by Gasteiger charge is 2.22. The number of rotatable bonds is 8. The molecule has 1 atom stereocenters. The van der Waals surface area contributed by atoms with E-state index in [0.717, 1.165) is 48.8 Å². The quantitative estimate of drug-likeness (QED) is 0.761. The van der Waals surface area contributed by atoms with Gasteiger partial charge in [-0.25, -0.2) is 0 Å². The molecule has 0 spiro atoms. The van der Waals surface area contributed by atoms with Crippen LogP contribution in [0.3, 0.4) is 0 Å². The van der Waals surface area contributed by atoms with Crippen molar-refractivity contribution in [2.45, 2.75) is 19.6 Å². The molecule has 5 heteroatoms. The molecule has 2 aromatic carbocycles. The summed E-state index contributed by atoms with van der Waals surface area (Å²) in [5, 5.41) is 13.3. The van der Waals surface area contributed by atoms with Gasteiger partial charge < -0.3 is 19.9 Å². The largest absolute Gasteiger partial charge is 0.490 e. The van der Waals surface area contributed by atoms with Crippen LogP contribution in [0.1, 0.15) is 24.1 Å². The van der Waals surface area contributed by atoms with Crippen molar-refractivity contribution in [1.82, 2.24) is 10.2 Å². The standard InChI is InChI=1S/C21H28N2O3/c1-2-25-21-14-18(19(15-24)23-12-10-22-11-13-23)8-9-20(21)26-16-17-6-4-3-5-7-17/h3-9,14,19,22,24H,2,10-13,15-16H2,1H3/t19-/m1/s1. The predicted molar refractivity (Wildman–Crippen MR) is 103 cm³/mol. The van der Waals surface area contributed by atoms with Crippen LogP contribution in [-0.2, 0) is 6.61 Å². The molecule has 1 heterocycles. The van der Waals surface area contributed by atoms with Gasteiger partial charge in [-0.2, -0.15) is 0 Å². The lowest BCUT2D eigenvalue weighted by Crippen LogP contribution is -2.46. The van der Waals surface area contributed by atoms with E-state index in [1.165, 1.54) is 0 Å². The number of aliphatic hydroxyl groups is 1. The summed E-state index contributed by atoms with van der Waals surface area (Å²) in [5.41, 5.74) is 2.18. The van der Waals surface area contributed by atoms with Gasteiger partial charge in [0.15, 0.2) is 11.5 Å². The van der Waals surface area contributed by atoms with Crippen LogP contribution in [0, 0.1) is 0 Å². The van der Waals surface area contributed by atoms with Crippen molar-refractivity contribution in [3.05, 3.63) is 59.7 Å². The number of aliphatic hydroxyl groups excluding tert-OH is 1. The number of piperazine rings is 1. The summed E-state index contributed by atoms with van der Waals surface area (Å²) >= 11 is 0. The van der Waals surface area contributed by atoms with Gasteiger partial charge in [0.25, 0.3) is 0 Å². The van der Waals surface area contributed by atoms with Gasteiger partial charge in [0, 0.05) is 26.2 Å². The predicted octanol–water partition coefficient (Wildman–Crippen LogP) is 2.60. The van der Waals surface area contributed by atoms with E-state index in [-0.39, 0.29) is 12.6 Å². The molecule has 1 saturated heterocycles. The van der Waals surface area contributed by atoms with Gasteiger partial charge >= 0.3 is 0 Å². The summed E-state index contributed by atoms with van der Waals surface area (Å²) in [5.74, 6) is 1.46. The smallest absolute Gasteiger partial charge is 0.161 e. The highest BCUT2D eigenvalue weighted by Crippen LogP contribution is 2.33. The van der Waals surface area contributed by atoms with E-state index in [2.05, 4.69) is 10.2 Å². The van der Waals surface area contributed by atoms with E-state index in [4.69, 9.17) is 9.47 Å². The molecule has 0 bridgehead atoms. The first-order valence-electron chi connectivity index (χ1n) is 9.31. The molecule has 0 aromatic heterocycles. The Morgan fingerprint density at radius 3 is 2.50 bits per heavy atom.